The molecule has 6 nitrogen and oxygen atoms in total. The summed E-state index contributed by atoms with van der Waals surface area (Å²) in [6, 6.07) is 6.99. The molecule has 3 rings (SSSR count). The van der Waals surface area contributed by atoms with Crippen molar-refractivity contribution in [1.29, 1.82) is 0 Å². The maximum atomic E-state index is 13.4. The van der Waals surface area contributed by atoms with Crippen LogP contribution in [0.2, 0.25) is 0 Å². The van der Waals surface area contributed by atoms with Gasteiger partial charge < -0.3 is 9.47 Å². The van der Waals surface area contributed by atoms with Gasteiger partial charge in [-0.2, -0.15) is 0 Å². The molecule has 1 aromatic carbocycles. The molecular formula is C21H24N2O4S. The van der Waals surface area contributed by atoms with Crippen LogP contribution in [0.15, 0.2) is 29.1 Å². The molecule has 0 bridgehead atoms. The van der Waals surface area contributed by atoms with Crippen LogP contribution >= 0.6 is 11.3 Å². The number of methoxy groups -OCH3 is 1. The third-order valence-corrected chi connectivity index (χ3v) is 5.74. The lowest BCUT2D eigenvalue weighted by Crippen LogP contribution is -2.32. The Morgan fingerprint density at radius 1 is 1.21 bits per heavy atom. The number of rotatable bonds is 6. The quantitative estimate of drug-likeness (QED) is 0.578. The van der Waals surface area contributed by atoms with E-state index in [0.29, 0.717) is 29.1 Å². The Labute approximate surface area is 167 Å². The average Bonchev–Trinajstić information content (AvgIpc) is 3.01. The van der Waals surface area contributed by atoms with Crippen molar-refractivity contribution in [3.8, 4) is 16.9 Å². The van der Waals surface area contributed by atoms with E-state index in [4.69, 9.17) is 9.47 Å². The fourth-order valence-corrected chi connectivity index (χ4v) is 4.55. The van der Waals surface area contributed by atoms with Crippen LogP contribution in [0.1, 0.15) is 37.0 Å². The largest absolute Gasteiger partial charge is 0.494 e. The van der Waals surface area contributed by atoms with E-state index in [0.717, 1.165) is 21.8 Å². The van der Waals surface area contributed by atoms with Crippen molar-refractivity contribution in [2.45, 2.75) is 40.2 Å². The maximum absolute atomic E-state index is 13.4. The second kappa shape index (κ2) is 8.14. The average molecular weight is 401 g/mol. The second-order valence-electron chi connectivity index (χ2n) is 6.45. The van der Waals surface area contributed by atoms with E-state index in [1.54, 1.807) is 6.92 Å². The van der Waals surface area contributed by atoms with Crippen LogP contribution in [0.5, 0.6) is 5.75 Å². The predicted molar refractivity (Wildman–Crippen MR) is 111 cm³/mol. The minimum absolute atomic E-state index is 0.215. The van der Waals surface area contributed by atoms with Gasteiger partial charge in [0.25, 0.3) is 5.56 Å². The van der Waals surface area contributed by atoms with E-state index in [9.17, 15) is 9.59 Å². The summed E-state index contributed by atoms with van der Waals surface area (Å²) in [6.07, 6.45) is 0.447. The van der Waals surface area contributed by atoms with E-state index in [1.165, 1.54) is 23.0 Å². The van der Waals surface area contributed by atoms with E-state index in [-0.39, 0.29) is 5.56 Å². The van der Waals surface area contributed by atoms with Crippen LogP contribution in [0, 0.1) is 13.8 Å². The fourth-order valence-electron chi connectivity index (χ4n) is 3.47. The van der Waals surface area contributed by atoms with Gasteiger partial charge in [-0.05, 0) is 44.9 Å². The number of hydrogen-bond donors (Lipinski definition) is 0. The number of thiophene rings is 1. The molecule has 0 amide bonds. The summed E-state index contributed by atoms with van der Waals surface area (Å²) >= 11 is 1.49. The normalized spacial score (nSPS) is 12.2. The second-order valence-corrected chi connectivity index (χ2v) is 7.66. The number of hydrogen-bond acceptors (Lipinski definition) is 6. The van der Waals surface area contributed by atoms with Crippen molar-refractivity contribution in [2.75, 3.05) is 13.7 Å². The summed E-state index contributed by atoms with van der Waals surface area (Å²) in [4.78, 5) is 32.0. The Balaban J connectivity index is 2.25. The molecule has 148 valence electrons. The minimum Gasteiger partial charge on any atom is -0.494 e. The molecule has 2 aromatic heterocycles. The summed E-state index contributed by atoms with van der Waals surface area (Å²) < 4.78 is 11.9. The summed E-state index contributed by atoms with van der Waals surface area (Å²) in [5.74, 6) is 0.851. The van der Waals surface area contributed by atoms with Gasteiger partial charge >= 0.3 is 5.97 Å². The van der Waals surface area contributed by atoms with Gasteiger partial charge in [-0.15, -0.1) is 11.3 Å². The summed E-state index contributed by atoms with van der Waals surface area (Å²) in [6.45, 7) is 8.11. The van der Waals surface area contributed by atoms with Crippen LogP contribution < -0.4 is 10.3 Å². The Morgan fingerprint density at radius 2 is 1.89 bits per heavy atom. The van der Waals surface area contributed by atoms with Crippen LogP contribution in [0.3, 0.4) is 0 Å². The van der Waals surface area contributed by atoms with Gasteiger partial charge in [-0.25, -0.2) is 9.78 Å². The first-order chi connectivity index (χ1) is 13.4. The van der Waals surface area contributed by atoms with Crippen molar-refractivity contribution >= 4 is 27.5 Å². The molecule has 0 saturated carbocycles. The van der Waals surface area contributed by atoms with Crippen molar-refractivity contribution in [3.05, 3.63) is 45.3 Å². The molecule has 0 saturated heterocycles. The molecule has 0 N–H and O–H groups in total. The van der Waals surface area contributed by atoms with Crippen molar-refractivity contribution < 1.29 is 14.3 Å². The zero-order chi connectivity index (χ0) is 20.4. The SMILES string of the molecule is CCOc1ccc(-c2c(C)sc3nc(C)n(C(CC)C(=O)OC)c(=O)c23)cc1. The maximum Gasteiger partial charge on any atom is 0.329 e. The van der Waals surface area contributed by atoms with E-state index in [2.05, 4.69) is 4.98 Å². The van der Waals surface area contributed by atoms with Crippen LogP contribution in [-0.4, -0.2) is 29.2 Å². The van der Waals surface area contributed by atoms with Crippen LogP contribution in [0.4, 0.5) is 0 Å². The molecule has 7 heteroatoms. The van der Waals surface area contributed by atoms with Crippen molar-refractivity contribution in [2.24, 2.45) is 0 Å². The fraction of sp³-hybridized carbons (Fsp3) is 0.381. The molecule has 28 heavy (non-hydrogen) atoms. The zero-order valence-electron chi connectivity index (χ0n) is 16.7. The molecule has 1 atom stereocenters. The van der Waals surface area contributed by atoms with Gasteiger partial charge in [0.2, 0.25) is 0 Å². The molecule has 0 fully saturated rings. The first-order valence-electron chi connectivity index (χ1n) is 9.26. The summed E-state index contributed by atoms with van der Waals surface area (Å²) in [7, 11) is 1.33. The molecular weight excluding hydrogens is 376 g/mol. The van der Waals surface area contributed by atoms with Gasteiger partial charge in [0, 0.05) is 10.4 Å². The molecule has 0 aliphatic heterocycles. The van der Waals surface area contributed by atoms with Crippen LogP contribution in [0.25, 0.3) is 21.3 Å². The molecule has 2 heterocycles. The smallest absolute Gasteiger partial charge is 0.329 e. The number of ether oxygens (including phenoxy) is 2. The highest BCUT2D eigenvalue weighted by atomic mass is 32.1. The first-order valence-corrected chi connectivity index (χ1v) is 10.1. The van der Waals surface area contributed by atoms with E-state index < -0.39 is 12.0 Å². The highest BCUT2D eigenvalue weighted by Crippen LogP contribution is 2.36. The number of fused-ring (bicyclic) bond motifs is 1. The van der Waals surface area contributed by atoms with E-state index >= 15 is 0 Å². The van der Waals surface area contributed by atoms with Crippen LogP contribution in [-0.2, 0) is 9.53 Å². The Bertz CT molecular complexity index is 1070. The third-order valence-electron chi connectivity index (χ3n) is 4.74. The molecule has 0 radical (unpaired) electrons. The third kappa shape index (κ3) is 3.42. The number of carbonyl (C=O) groups is 1. The van der Waals surface area contributed by atoms with Gasteiger partial charge in [-0.1, -0.05) is 19.1 Å². The lowest BCUT2D eigenvalue weighted by atomic mass is 10.0. The van der Waals surface area contributed by atoms with Gasteiger partial charge in [0.05, 0.1) is 19.1 Å². The lowest BCUT2D eigenvalue weighted by Gasteiger charge is -2.18. The molecule has 3 aromatic rings. The van der Waals surface area contributed by atoms with Gasteiger partial charge in [-0.3, -0.25) is 9.36 Å². The number of aromatic nitrogens is 2. The standard InChI is InChI=1S/C21H24N2O4S/c1-6-16(21(25)26-5)23-13(4)22-19-18(20(23)24)17(12(3)28-19)14-8-10-15(11-9-14)27-7-2/h8-11,16H,6-7H2,1-5H3. The Hall–Kier alpha value is -2.67. The van der Waals surface area contributed by atoms with Crippen molar-refractivity contribution in [3.63, 3.8) is 0 Å². The lowest BCUT2D eigenvalue weighted by molar-refractivity contribution is -0.144. The molecule has 0 aliphatic rings. The predicted octanol–water partition coefficient (Wildman–Crippen LogP) is 4.26. The number of benzene rings is 1. The number of aryl methyl sites for hydroxylation is 2. The van der Waals surface area contributed by atoms with Crippen molar-refractivity contribution in [1.82, 2.24) is 9.55 Å². The summed E-state index contributed by atoms with van der Waals surface area (Å²) in [5, 5.41) is 0.541. The van der Waals surface area contributed by atoms with Gasteiger partial charge in [0.1, 0.15) is 22.4 Å². The number of esters is 1. The Kier molecular flexibility index (Phi) is 5.84. The Morgan fingerprint density at radius 3 is 2.46 bits per heavy atom. The van der Waals surface area contributed by atoms with Gasteiger partial charge in [0.15, 0.2) is 0 Å². The zero-order valence-corrected chi connectivity index (χ0v) is 17.6. The first kappa shape index (κ1) is 20.1. The highest BCUT2D eigenvalue weighted by Gasteiger charge is 2.26. The number of nitrogens with zero attached hydrogens (tertiary/aromatic N) is 2. The number of carbonyl (C=O) groups excluding carboxylic acids is 1. The topological polar surface area (TPSA) is 70.4 Å². The minimum atomic E-state index is -0.692. The summed E-state index contributed by atoms with van der Waals surface area (Å²) in [5.41, 5.74) is 1.56. The molecule has 0 aliphatic carbocycles. The molecule has 0 spiro atoms. The highest BCUT2D eigenvalue weighted by molar-refractivity contribution is 7.19. The molecule has 1 unspecified atom stereocenters. The van der Waals surface area contributed by atoms with E-state index in [1.807, 2.05) is 45.0 Å². The monoisotopic (exact) mass is 400 g/mol.